The van der Waals surface area contributed by atoms with Gasteiger partial charge in [-0.1, -0.05) is 38.5 Å². The van der Waals surface area contributed by atoms with Crippen LogP contribution in [0.4, 0.5) is 0 Å². The molecule has 156 valence electrons. The van der Waals surface area contributed by atoms with Crippen LogP contribution in [0.2, 0.25) is 0 Å². The molecular formula is C22H34N2O3S. The second-order valence-electron chi connectivity index (χ2n) is 9.58. The molecule has 1 atom stereocenters. The highest BCUT2D eigenvalue weighted by Gasteiger charge is 2.38. The van der Waals surface area contributed by atoms with Crippen LogP contribution in [0.5, 0.6) is 0 Å². The van der Waals surface area contributed by atoms with Crippen LogP contribution in [0.3, 0.4) is 0 Å². The summed E-state index contributed by atoms with van der Waals surface area (Å²) in [5.74, 6) is 0.184. The Morgan fingerprint density at radius 3 is 2.21 bits per heavy atom. The summed E-state index contributed by atoms with van der Waals surface area (Å²) in [5, 5.41) is 0. The van der Waals surface area contributed by atoms with Crippen molar-refractivity contribution in [3.05, 3.63) is 29.8 Å². The van der Waals surface area contributed by atoms with Crippen LogP contribution < -0.4 is 0 Å². The number of carbonyl (C=O) groups excluding carboxylic acids is 1. The molecule has 2 aliphatic heterocycles. The first-order valence-electron chi connectivity index (χ1n) is 10.5. The molecule has 2 heterocycles. The van der Waals surface area contributed by atoms with Gasteiger partial charge in [-0.25, -0.2) is 8.42 Å². The van der Waals surface area contributed by atoms with Gasteiger partial charge in [-0.15, -0.1) is 0 Å². The molecule has 0 bridgehead atoms. The maximum atomic E-state index is 13.1. The Morgan fingerprint density at radius 1 is 1.04 bits per heavy atom. The topological polar surface area (TPSA) is 57.7 Å². The molecular weight excluding hydrogens is 372 g/mol. The molecule has 0 radical (unpaired) electrons. The second-order valence-corrected chi connectivity index (χ2v) is 11.5. The molecule has 0 saturated carbocycles. The summed E-state index contributed by atoms with van der Waals surface area (Å²) in [4.78, 5) is 15.5. The lowest BCUT2D eigenvalue weighted by Crippen LogP contribution is -2.46. The standard InChI is InChI=1S/C22H34N2O3S/c1-17-7-9-20(10-8-17)28(26,27)23-14-11-18(12-15-23)21(25)24-13-5-6-19(24)16-22(2,3)4/h7-10,18-19H,5-6,11-16H2,1-4H3. The van der Waals surface area contributed by atoms with Gasteiger partial charge in [0.15, 0.2) is 0 Å². The number of sulfonamides is 1. The summed E-state index contributed by atoms with van der Waals surface area (Å²) < 4.78 is 27.3. The van der Waals surface area contributed by atoms with Crippen LogP contribution in [0.1, 0.15) is 58.4 Å². The summed E-state index contributed by atoms with van der Waals surface area (Å²) in [6, 6.07) is 7.33. The van der Waals surface area contributed by atoms with E-state index in [1.165, 1.54) is 4.31 Å². The maximum absolute atomic E-state index is 13.1. The van der Waals surface area contributed by atoms with Crippen molar-refractivity contribution >= 4 is 15.9 Å². The zero-order valence-corrected chi connectivity index (χ0v) is 18.5. The molecule has 28 heavy (non-hydrogen) atoms. The van der Waals surface area contributed by atoms with E-state index >= 15 is 0 Å². The van der Waals surface area contributed by atoms with Crippen molar-refractivity contribution in [3.8, 4) is 0 Å². The highest BCUT2D eigenvalue weighted by Crippen LogP contribution is 2.33. The van der Waals surface area contributed by atoms with E-state index in [2.05, 4.69) is 25.7 Å². The summed E-state index contributed by atoms with van der Waals surface area (Å²) in [5.41, 5.74) is 1.25. The fourth-order valence-electron chi connectivity index (χ4n) is 4.48. The minimum atomic E-state index is -3.47. The number of amides is 1. The van der Waals surface area contributed by atoms with Gasteiger partial charge in [-0.3, -0.25) is 4.79 Å². The van der Waals surface area contributed by atoms with Crippen molar-refractivity contribution in [1.29, 1.82) is 0 Å². The molecule has 1 unspecified atom stereocenters. The Kier molecular flexibility index (Phi) is 6.20. The Balaban J connectivity index is 1.62. The molecule has 0 aromatic heterocycles. The zero-order valence-electron chi connectivity index (χ0n) is 17.6. The maximum Gasteiger partial charge on any atom is 0.243 e. The highest BCUT2D eigenvalue weighted by atomic mass is 32.2. The number of carbonyl (C=O) groups is 1. The first-order chi connectivity index (χ1) is 13.1. The van der Waals surface area contributed by atoms with Crippen LogP contribution in [-0.4, -0.2) is 49.2 Å². The molecule has 6 heteroatoms. The number of likely N-dealkylation sites (tertiary alicyclic amines) is 1. The van der Waals surface area contributed by atoms with Gasteiger partial charge in [-0.2, -0.15) is 4.31 Å². The first-order valence-corrected chi connectivity index (χ1v) is 11.9. The second kappa shape index (κ2) is 8.15. The number of benzene rings is 1. The van der Waals surface area contributed by atoms with Crippen LogP contribution in [0, 0.1) is 18.3 Å². The van der Waals surface area contributed by atoms with E-state index in [4.69, 9.17) is 0 Å². The number of piperidine rings is 1. The Bertz CT molecular complexity index is 788. The van der Waals surface area contributed by atoms with Gasteiger partial charge in [0.05, 0.1) is 4.90 Å². The lowest BCUT2D eigenvalue weighted by Gasteiger charge is -2.36. The van der Waals surface area contributed by atoms with Crippen LogP contribution in [0.15, 0.2) is 29.2 Å². The summed E-state index contributed by atoms with van der Waals surface area (Å²) >= 11 is 0. The first kappa shape index (κ1) is 21.3. The summed E-state index contributed by atoms with van der Waals surface area (Å²) in [7, 11) is -3.47. The monoisotopic (exact) mass is 406 g/mol. The molecule has 5 nitrogen and oxygen atoms in total. The van der Waals surface area contributed by atoms with E-state index in [9.17, 15) is 13.2 Å². The Labute approximate surface area is 170 Å². The van der Waals surface area contributed by atoms with E-state index in [1.807, 2.05) is 19.1 Å². The lowest BCUT2D eigenvalue weighted by atomic mass is 9.86. The van der Waals surface area contributed by atoms with Crippen molar-refractivity contribution in [2.45, 2.75) is 70.7 Å². The van der Waals surface area contributed by atoms with Crippen molar-refractivity contribution in [3.63, 3.8) is 0 Å². The molecule has 1 amide bonds. The predicted octanol–water partition coefficient (Wildman–Crippen LogP) is 3.82. The average Bonchev–Trinajstić information content (AvgIpc) is 3.07. The third-order valence-corrected chi connectivity index (χ3v) is 7.88. The molecule has 2 saturated heterocycles. The lowest BCUT2D eigenvalue weighted by molar-refractivity contribution is -0.138. The number of nitrogens with zero attached hydrogens (tertiary/aromatic N) is 2. The minimum absolute atomic E-state index is 0.0509. The van der Waals surface area contributed by atoms with Gasteiger partial charge in [-0.05, 0) is 56.6 Å². The number of aryl methyl sites for hydroxylation is 1. The Morgan fingerprint density at radius 2 is 1.64 bits per heavy atom. The zero-order chi connectivity index (χ0) is 20.5. The van der Waals surface area contributed by atoms with Crippen LogP contribution in [0.25, 0.3) is 0 Å². The normalized spacial score (nSPS) is 22.6. The van der Waals surface area contributed by atoms with Crippen molar-refractivity contribution in [1.82, 2.24) is 9.21 Å². The average molecular weight is 407 g/mol. The molecule has 1 aromatic rings. The van der Waals surface area contributed by atoms with E-state index < -0.39 is 10.0 Å². The molecule has 0 aliphatic carbocycles. The molecule has 1 aromatic carbocycles. The predicted molar refractivity (Wildman–Crippen MR) is 111 cm³/mol. The van der Waals surface area contributed by atoms with Gasteiger partial charge < -0.3 is 4.90 Å². The molecule has 0 spiro atoms. The van der Waals surface area contributed by atoms with Crippen LogP contribution >= 0.6 is 0 Å². The number of rotatable bonds is 4. The molecule has 0 N–H and O–H groups in total. The van der Waals surface area contributed by atoms with E-state index in [-0.39, 0.29) is 17.2 Å². The third-order valence-electron chi connectivity index (χ3n) is 5.97. The van der Waals surface area contributed by atoms with Gasteiger partial charge in [0.1, 0.15) is 0 Å². The minimum Gasteiger partial charge on any atom is -0.339 e. The molecule has 2 fully saturated rings. The smallest absolute Gasteiger partial charge is 0.243 e. The van der Waals surface area contributed by atoms with Crippen molar-refractivity contribution < 1.29 is 13.2 Å². The third kappa shape index (κ3) is 4.77. The summed E-state index contributed by atoms with van der Waals surface area (Å²) in [6.45, 7) is 10.3. The van der Waals surface area contributed by atoms with Crippen molar-refractivity contribution in [2.24, 2.45) is 11.3 Å². The van der Waals surface area contributed by atoms with Gasteiger partial charge in [0.2, 0.25) is 15.9 Å². The van der Waals surface area contributed by atoms with E-state index in [0.717, 1.165) is 31.4 Å². The largest absolute Gasteiger partial charge is 0.339 e. The number of hydrogen-bond acceptors (Lipinski definition) is 3. The quantitative estimate of drug-likeness (QED) is 0.764. The fourth-order valence-corrected chi connectivity index (χ4v) is 5.95. The van der Waals surface area contributed by atoms with Gasteiger partial charge in [0, 0.05) is 31.6 Å². The van der Waals surface area contributed by atoms with Gasteiger partial charge >= 0.3 is 0 Å². The van der Waals surface area contributed by atoms with Crippen LogP contribution in [-0.2, 0) is 14.8 Å². The fraction of sp³-hybridized carbons (Fsp3) is 0.682. The van der Waals surface area contributed by atoms with Gasteiger partial charge in [0.25, 0.3) is 0 Å². The van der Waals surface area contributed by atoms with E-state index in [0.29, 0.717) is 36.9 Å². The molecule has 2 aliphatic rings. The molecule has 3 rings (SSSR count). The SMILES string of the molecule is Cc1ccc(S(=O)(=O)N2CCC(C(=O)N3CCCC3CC(C)(C)C)CC2)cc1. The number of hydrogen-bond donors (Lipinski definition) is 0. The van der Waals surface area contributed by atoms with Crippen molar-refractivity contribution in [2.75, 3.05) is 19.6 Å². The van der Waals surface area contributed by atoms with E-state index in [1.54, 1.807) is 12.1 Å². The summed E-state index contributed by atoms with van der Waals surface area (Å²) in [6.07, 6.45) is 4.42. The highest BCUT2D eigenvalue weighted by molar-refractivity contribution is 7.89. The Hall–Kier alpha value is -1.40.